The van der Waals surface area contributed by atoms with E-state index in [1.807, 2.05) is 55.1 Å². The molecule has 0 spiro atoms. The maximum Gasteiger partial charge on any atom is 0.317 e. The van der Waals surface area contributed by atoms with Crippen LogP contribution >= 0.6 is 0 Å². The first-order chi connectivity index (χ1) is 12.0. The Labute approximate surface area is 148 Å². The first-order valence-corrected chi connectivity index (χ1v) is 8.14. The number of carbonyl (C=O) groups is 1. The quantitative estimate of drug-likeness (QED) is 0.798. The number of carboxylic acid groups (broad SMARTS) is 1. The van der Waals surface area contributed by atoms with Crippen LogP contribution in [0, 0.1) is 11.3 Å². The van der Waals surface area contributed by atoms with Gasteiger partial charge in [-0.2, -0.15) is 5.26 Å². The zero-order chi connectivity index (χ0) is 18.2. The summed E-state index contributed by atoms with van der Waals surface area (Å²) >= 11 is 0. The van der Waals surface area contributed by atoms with Gasteiger partial charge in [-0.1, -0.05) is 24.3 Å². The molecule has 130 valence electrons. The van der Waals surface area contributed by atoms with Gasteiger partial charge in [-0.25, -0.2) is 0 Å². The molecular formula is C20H22N2O3. The van der Waals surface area contributed by atoms with Gasteiger partial charge in [-0.3, -0.25) is 9.69 Å². The van der Waals surface area contributed by atoms with E-state index in [1.165, 1.54) is 0 Å². The number of ether oxygens (including phenoxy) is 1. The molecule has 2 aromatic rings. The molecule has 0 bridgehead atoms. The molecule has 0 aliphatic rings. The van der Waals surface area contributed by atoms with E-state index >= 15 is 0 Å². The average molecular weight is 338 g/mol. The van der Waals surface area contributed by atoms with Crippen LogP contribution in [0.25, 0.3) is 0 Å². The molecule has 0 saturated heterocycles. The summed E-state index contributed by atoms with van der Waals surface area (Å²) in [5.74, 6) is -0.114. The first-order valence-electron chi connectivity index (χ1n) is 8.14. The molecule has 5 nitrogen and oxygen atoms in total. The highest BCUT2D eigenvalue weighted by Gasteiger charge is 2.14. The largest absolute Gasteiger partial charge is 0.489 e. The lowest BCUT2D eigenvalue weighted by Crippen LogP contribution is -2.35. The Bertz CT molecular complexity index is 766. The summed E-state index contributed by atoms with van der Waals surface area (Å²) in [5, 5.41) is 18.0. The maximum absolute atomic E-state index is 11.0. The minimum atomic E-state index is -0.835. The van der Waals surface area contributed by atoms with Gasteiger partial charge in [0.25, 0.3) is 0 Å². The van der Waals surface area contributed by atoms with E-state index in [4.69, 9.17) is 15.1 Å². The number of hydrogen-bond acceptors (Lipinski definition) is 4. The number of hydrogen-bond donors (Lipinski definition) is 1. The van der Waals surface area contributed by atoms with Crippen LogP contribution in [0.2, 0.25) is 0 Å². The summed E-state index contributed by atoms with van der Waals surface area (Å²) in [6.45, 7) is 4.88. The Morgan fingerprint density at radius 3 is 2.60 bits per heavy atom. The van der Waals surface area contributed by atoms with E-state index in [9.17, 15) is 4.79 Å². The van der Waals surface area contributed by atoms with Crippen molar-refractivity contribution in [3.8, 4) is 11.8 Å². The lowest BCUT2D eigenvalue weighted by Gasteiger charge is -2.24. The molecule has 2 aromatic carbocycles. The molecule has 0 amide bonds. The van der Waals surface area contributed by atoms with Crippen LogP contribution in [-0.2, 0) is 17.9 Å². The van der Waals surface area contributed by atoms with Crippen molar-refractivity contribution in [1.82, 2.24) is 4.90 Å². The standard InChI is InChI=1S/C20H22N2O3/c1-15(2)22(13-20(23)24)12-17-6-4-8-19(10-17)25-14-18-7-3-5-16(9-18)11-21/h3-10,15H,12-14H2,1-2H3,(H,23,24). The number of carboxylic acids is 1. The lowest BCUT2D eigenvalue weighted by molar-refractivity contribution is -0.138. The van der Waals surface area contributed by atoms with Gasteiger partial charge in [0.2, 0.25) is 0 Å². The molecule has 0 fully saturated rings. The average Bonchev–Trinajstić information content (AvgIpc) is 2.59. The second-order valence-electron chi connectivity index (χ2n) is 6.14. The lowest BCUT2D eigenvalue weighted by atomic mass is 10.1. The SMILES string of the molecule is CC(C)N(CC(=O)O)Cc1cccc(OCc2cccc(C#N)c2)c1. The number of aliphatic carboxylic acids is 1. The van der Waals surface area contributed by atoms with Gasteiger partial charge in [-0.15, -0.1) is 0 Å². The normalized spacial score (nSPS) is 10.7. The van der Waals surface area contributed by atoms with Gasteiger partial charge in [0.1, 0.15) is 12.4 Å². The van der Waals surface area contributed by atoms with Crippen molar-refractivity contribution < 1.29 is 14.6 Å². The summed E-state index contributed by atoms with van der Waals surface area (Å²) < 4.78 is 5.81. The zero-order valence-corrected chi connectivity index (χ0v) is 14.5. The molecule has 0 radical (unpaired) electrons. The van der Waals surface area contributed by atoms with Crippen molar-refractivity contribution in [2.75, 3.05) is 6.54 Å². The molecule has 0 aliphatic carbocycles. The van der Waals surface area contributed by atoms with E-state index in [0.29, 0.717) is 18.7 Å². The van der Waals surface area contributed by atoms with Gasteiger partial charge in [0.05, 0.1) is 18.2 Å². The topological polar surface area (TPSA) is 73.6 Å². The van der Waals surface area contributed by atoms with Crippen molar-refractivity contribution in [3.63, 3.8) is 0 Å². The van der Waals surface area contributed by atoms with Crippen LogP contribution in [-0.4, -0.2) is 28.6 Å². The van der Waals surface area contributed by atoms with Crippen molar-refractivity contribution in [1.29, 1.82) is 5.26 Å². The molecule has 0 unspecified atom stereocenters. The molecular weight excluding hydrogens is 316 g/mol. The number of nitriles is 1. The first kappa shape index (κ1) is 18.5. The predicted molar refractivity (Wildman–Crippen MR) is 95.1 cm³/mol. The minimum absolute atomic E-state index is 0.00367. The number of benzene rings is 2. The molecule has 1 N–H and O–H groups in total. The third kappa shape index (κ3) is 5.94. The van der Waals surface area contributed by atoms with Crippen LogP contribution < -0.4 is 4.74 Å². The highest BCUT2D eigenvalue weighted by Crippen LogP contribution is 2.18. The maximum atomic E-state index is 11.0. The van der Waals surface area contributed by atoms with Gasteiger partial charge < -0.3 is 9.84 Å². The second kappa shape index (κ2) is 8.86. The summed E-state index contributed by atoms with van der Waals surface area (Å²) in [6.07, 6.45) is 0. The molecule has 2 rings (SSSR count). The second-order valence-corrected chi connectivity index (χ2v) is 6.14. The van der Waals surface area contributed by atoms with Crippen LogP contribution in [0.5, 0.6) is 5.75 Å². The summed E-state index contributed by atoms with van der Waals surface area (Å²) in [6, 6.07) is 17.2. The molecule has 5 heteroatoms. The van der Waals surface area contributed by atoms with Crippen LogP contribution in [0.1, 0.15) is 30.5 Å². The van der Waals surface area contributed by atoms with E-state index in [1.54, 1.807) is 12.1 Å². The molecule has 0 aromatic heterocycles. The summed E-state index contributed by atoms with van der Waals surface area (Å²) in [7, 11) is 0. The fourth-order valence-corrected chi connectivity index (χ4v) is 2.46. The fourth-order valence-electron chi connectivity index (χ4n) is 2.46. The van der Waals surface area contributed by atoms with Gasteiger partial charge in [-0.05, 0) is 49.2 Å². The zero-order valence-electron chi connectivity index (χ0n) is 14.5. The third-order valence-corrected chi connectivity index (χ3v) is 3.81. The van der Waals surface area contributed by atoms with Crippen LogP contribution in [0.4, 0.5) is 0 Å². The highest BCUT2D eigenvalue weighted by atomic mass is 16.5. The van der Waals surface area contributed by atoms with Gasteiger partial charge >= 0.3 is 5.97 Å². The van der Waals surface area contributed by atoms with Crippen molar-refractivity contribution in [2.45, 2.75) is 33.0 Å². The Kier molecular flexibility index (Phi) is 6.55. The molecule has 0 atom stereocenters. The number of nitrogens with zero attached hydrogens (tertiary/aromatic N) is 2. The summed E-state index contributed by atoms with van der Waals surface area (Å²) in [5.41, 5.74) is 2.54. The Hall–Kier alpha value is -2.84. The van der Waals surface area contributed by atoms with Crippen LogP contribution in [0.15, 0.2) is 48.5 Å². The van der Waals surface area contributed by atoms with Crippen molar-refractivity contribution >= 4 is 5.97 Å². The van der Waals surface area contributed by atoms with Gasteiger partial charge in [0, 0.05) is 12.6 Å². The van der Waals surface area contributed by atoms with E-state index in [2.05, 4.69) is 6.07 Å². The Morgan fingerprint density at radius 2 is 1.92 bits per heavy atom. The van der Waals surface area contributed by atoms with E-state index in [-0.39, 0.29) is 12.6 Å². The minimum Gasteiger partial charge on any atom is -0.489 e. The Morgan fingerprint density at radius 1 is 1.20 bits per heavy atom. The number of rotatable bonds is 8. The monoisotopic (exact) mass is 338 g/mol. The van der Waals surface area contributed by atoms with Gasteiger partial charge in [0.15, 0.2) is 0 Å². The Balaban J connectivity index is 2.02. The summed E-state index contributed by atoms with van der Waals surface area (Å²) in [4.78, 5) is 12.9. The predicted octanol–water partition coefficient (Wildman–Crippen LogP) is 3.43. The fraction of sp³-hybridized carbons (Fsp3) is 0.300. The van der Waals surface area contributed by atoms with Crippen molar-refractivity contribution in [2.24, 2.45) is 0 Å². The molecule has 0 saturated carbocycles. The molecule has 25 heavy (non-hydrogen) atoms. The van der Waals surface area contributed by atoms with Crippen molar-refractivity contribution in [3.05, 3.63) is 65.2 Å². The van der Waals surface area contributed by atoms with E-state index in [0.717, 1.165) is 16.9 Å². The van der Waals surface area contributed by atoms with Crippen LogP contribution in [0.3, 0.4) is 0 Å². The van der Waals surface area contributed by atoms with E-state index < -0.39 is 5.97 Å². The smallest absolute Gasteiger partial charge is 0.317 e. The highest BCUT2D eigenvalue weighted by molar-refractivity contribution is 5.69. The molecule has 0 heterocycles. The molecule has 0 aliphatic heterocycles. The third-order valence-electron chi connectivity index (χ3n) is 3.81.